The molecule has 2 aliphatic rings. The molecule has 0 unspecified atom stereocenters. The predicted octanol–water partition coefficient (Wildman–Crippen LogP) is 0.311. The molecule has 9 nitrogen and oxygen atoms in total. The van der Waals surface area contributed by atoms with E-state index in [0.717, 1.165) is 6.26 Å². The Hall–Kier alpha value is -2.33. The summed E-state index contributed by atoms with van der Waals surface area (Å²) in [6.07, 6.45) is 1.35. The van der Waals surface area contributed by atoms with Crippen LogP contribution >= 0.6 is 0 Å². The van der Waals surface area contributed by atoms with Crippen molar-refractivity contribution < 1.29 is 22.7 Å². The maximum atomic E-state index is 12.8. The van der Waals surface area contributed by atoms with Gasteiger partial charge in [-0.15, -0.1) is 0 Å². The summed E-state index contributed by atoms with van der Waals surface area (Å²) < 4.78 is 30.7. The molecule has 3 rings (SSSR count). The van der Waals surface area contributed by atoms with Gasteiger partial charge >= 0.3 is 6.03 Å². The summed E-state index contributed by atoms with van der Waals surface area (Å²) in [6.45, 7) is 1.31. The topological polar surface area (TPSA) is 108 Å². The van der Waals surface area contributed by atoms with Crippen LogP contribution in [0, 0.1) is 5.41 Å². The summed E-state index contributed by atoms with van der Waals surface area (Å²) in [4.78, 5) is 26.2. The molecule has 0 saturated carbocycles. The number of carbonyl (C=O) groups is 2. The van der Waals surface area contributed by atoms with Crippen molar-refractivity contribution >= 4 is 27.6 Å². The van der Waals surface area contributed by atoms with E-state index in [1.54, 1.807) is 36.3 Å². The molecule has 27 heavy (non-hydrogen) atoms. The summed E-state index contributed by atoms with van der Waals surface area (Å²) in [6, 6.07) is 6.66. The zero-order valence-corrected chi connectivity index (χ0v) is 16.2. The molecule has 0 bridgehead atoms. The molecule has 2 saturated heterocycles. The number of anilines is 1. The normalized spacial score (nSPS) is 23.8. The van der Waals surface area contributed by atoms with Crippen LogP contribution in [0.2, 0.25) is 0 Å². The average Bonchev–Trinajstić information content (AvgIpc) is 2.85. The van der Waals surface area contributed by atoms with Gasteiger partial charge in [-0.05, 0) is 12.1 Å². The number of methoxy groups -OCH3 is 1. The maximum absolute atomic E-state index is 12.8. The summed E-state index contributed by atoms with van der Waals surface area (Å²) in [7, 11) is -1.88. The van der Waals surface area contributed by atoms with E-state index in [0.29, 0.717) is 24.5 Å². The van der Waals surface area contributed by atoms with Crippen LogP contribution < -0.4 is 15.4 Å². The number of ether oxygens (including phenoxy) is 1. The average molecular weight is 396 g/mol. The van der Waals surface area contributed by atoms with Crippen molar-refractivity contribution in [1.82, 2.24) is 14.5 Å². The fourth-order valence-corrected chi connectivity index (χ4v) is 4.48. The van der Waals surface area contributed by atoms with Gasteiger partial charge in [0.15, 0.2) is 0 Å². The smallest absolute Gasteiger partial charge is 0.321 e. The van der Waals surface area contributed by atoms with Gasteiger partial charge in [0.1, 0.15) is 5.75 Å². The number of nitrogens with one attached hydrogen (secondary N) is 2. The molecule has 3 amide bonds. The predicted molar refractivity (Wildman–Crippen MR) is 100 cm³/mol. The molecule has 0 radical (unpaired) electrons. The number of benzene rings is 1. The zero-order valence-electron chi connectivity index (χ0n) is 15.4. The van der Waals surface area contributed by atoms with Gasteiger partial charge in [0, 0.05) is 56.3 Å². The van der Waals surface area contributed by atoms with Gasteiger partial charge in [0.2, 0.25) is 15.9 Å². The van der Waals surface area contributed by atoms with Crippen LogP contribution in [0.25, 0.3) is 0 Å². The molecule has 1 aromatic carbocycles. The van der Waals surface area contributed by atoms with E-state index in [9.17, 15) is 18.0 Å². The van der Waals surface area contributed by atoms with Crippen LogP contribution in [0.4, 0.5) is 10.5 Å². The highest BCUT2D eigenvalue weighted by atomic mass is 32.2. The number of hydrogen-bond donors (Lipinski definition) is 2. The summed E-state index contributed by atoms with van der Waals surface area (Å²) in [5, 5.41) is 5.59. The van der Waals surface area contributed by atoms with E-state index < -0.39 is 15.4 Å². The molecule has 1 aromatic rings. The monoisotopic (exact) mass is 396 g/mol. The lowest BCUT2D eigenvalue weighted by Crippen LogP contribution is -2.45. The van der Waals surface area contributed by atoms with Crippen molar-refractivity contribution in [2.24, 2.45) is 5.41 Å². The van der Waals surface area contributed by atoms with Gasteiger partial charge in [0.25, 0.3) is 0 Å². The molecule has 2 N–H and O–H groups in total. The largest absolute Gasteiger partial charge is 0.497 e. The van der Waals surface area contributed by atoms with Gasteiger partial charge in [-0.3, -0.25) is 4.79 Å². The van der Waals surface area contributed by atoms with E-state index >= 15 is 0 Å². The molecule has 0 aromatic heterocycles. The third-order valence-corrected chi connectivity index (χ3v) is 6.18. The van der Waals surface area contributed by atoms with Crippen LogP contribution in [-0.2, 0) is 14.8 Å². The molecule has 148 valence electrons. The van der Waals surface area contributed by atoms with E-state index in [2.05, 4.69) is 10.6 Å². The minimum absolute atomic E-state index is 0.126. The number of carbonyl (C=O) groups excluding carboxylic acids is 2. The van der Waals surface area contributed by atoms with E-state index in [1.807, 2.05) is 0 Å². The maximum Gasteiger partial charge on any atom is 0.321 e. The lowest BCUT2D eigenvalue weighted by atomic mass is 9.86. The molecule has 2 aliphatic heterocycles. The molecule has 2 heterocycles. The minimum atomic E-state index is -3.43. The summed E-state index contributed by atoms with van der Waals surface area (Å²) in [5.74, 6) is 0.493. The van der Waals surface area contributed by atoms with E-state index in [-0.39, 0.29) is 38.0 Å². The highest BCUT2D eigenvalue weighted by Crippen LogP contribution is 2.32. The Morgan fingerprint density at radius 1 is 1.30 bits per heavy atom. The molecular weight excluding hydrogens is 372 g/mol. The Balaban J connectivity index is 1.80. The van der Waals surface area contributed by atoms with E-state index in [1.165, 1.54) is 4.31 Å². The minimum Gasteiger partial charge on any atom is -0.497 e. The number of amides is 3. The highest BCUT2D eigenvalue weighted by molar-refractivity contribution is 7.88. The summed E-state index contributed by atoms with van der Waals surface area (Å²) >= 11 is 0. The van der Waals surface area contributed by atoms with Crippen LogP contribution in [0.3, 0.4) is 0 Å². The van der Waals surface area contributed by atoms with Crippen LogP contribution in [-0.4, -0.2) is 75.7 Å². The van der Waals surface area contributed by atoms with Crippen LogP contribution in [0.15, 0.2) is 24.3 Å². The second-order valence-corrected chi connectivity index (χ2v) is 9.12. The quantitative estimate of drug-likeness (QED) is 0.765. The van der Waals surface area contributed by atoms with Crippen LogP contribution in [0.1, 0.15) is 6.42 Å². The second-order valence-electron chi connectivity index (χ2n) is 7.13. The van der Waals surface area contributed by atoms with Gasteiger partial charge in [-0.25, -0.2) is 13.2 Å². The third-order valence-electron chi connectivity index (χ3n) is 4.93. The molecule has 1 spiro atoms. The Kier molecular flexibility index (Phi) is 5.29. The molecule has 2 fully saturated rings. The van der Waals surface area contributed by atoms with E-state index in [4.69, 9.17) is 4.74 Å². The number of hydrogen-bond acceptors (Lipinski definition) is 5. The van der Waals surface area contributed by atoms with Crippen molar-refractivity contribution in [2.45, 2.75) is 6.42 Å². The highest BCUT2D eigenvalue weighted by Gasteiger charge is 2.45. The summed E-state index contributed by atoms with van der Waals surface area (Å²) in [5.41, 5.74) is -0.0409. The lowest BCUT2D eigenvalue weighted by molar-refractivity contribution is -0.119. The Labute approximate surface area is 158 Å². The Morgan fingerprint density at radius 2 is 2.07 bits per heavy atom. The van der Waals surface area contributed by atoms with Gasteiger partial charge in [0.05, 0.1) is 13.4 Å². The fourth-order valence-electron chi connectivity index (χ4n) is 3.55. The van der Waals surface area contributed by atoms with Gasteiger partial charge < -0.3 is 20.3 Å². The first-order valence-electron chi connectivity index (χ1n) is 8.63. The third kappa shape index (κ3) is 4.51. The standard InChI is InChI=1S/C17H24N4O5S/c1-26-14-5-3-4-13(8-14)19-16(23)20-6-7-21(27(2,24)25)12-17(11-20)9-15(22)18-10-17/h3-5,8H,6-7,9-12H2,1-2H3,(H,18,22)(H,19,23)/t17-/m1/s1. The van der Waals surface area contributed by atoms with Gasteiger partial charge in [-0.1, -0.05) is 6.07 Å². The zero-order chi connectivity index (χ0) is 19.7. The molecule has 10 heteroatoms. The van der Waals surface area contributed by atoms with Crippen molar-refractivity contribution in [3.8, 4) is 5.75 Å². The second kappa shape index (κ2) is 7.35. The van der Waals surface area contributed by atoms with Crippen molar-refractivity contribution in [3.63, 3.8) is 0 Å². The van der Waals surface area contributed by atoms with Crippen LogP contribution in [0.5, 0.6) is 5.75 Å². The van der Waals surface area contributed by atoms with Crippen molar-refractivity contribution in [3.05, 3.63) is 24.3 Å². The number of nitrogens with zero attached hydrogens (tertiary/aromatic N) is 2. The molecular formula is C17H24N4O5S. The number of urea groups is 1. The fraction of sp³-hybridized carbons (Fsp3) is 0.529. The number of sulfonamides is 1. The molecule has 0 aliphatic carbocycles. The first-order chi connectivity index (χ1) is 12.7. The Morgan fingerprint density at radius 3 is 2.70 bits per heavy atom. The Bertz CT molecular complexity index is 843. The van der Waals surface area contributed by atoms with Crippen molar-refractivity contribution in [1.29, 1.82) is 0 Å². The SMILES string of the molecule is COc1cccc(NC(=O)N2CCN(S(C)(=O)=O)C[C@]3(CNC(=O)C3)C2)c1. The lowest BCUT2D eigenvalue weighted by Gasteiger charge is -2.32. The van der Waals surface area contributed by atoms with Crippen molar-refractivity contribution in [2.75, 3.05) is 51.4 Å². The first kappa shape index (κ1) is 19.4. The molecule has 1 atom stereocenters. The van der Waals surface area contributed by atoms with Gasteiger partial charge in [-0.2, -0.15) is 4.31 Å². The first-order valence-corrected chi connectivity index (χ1v) is 10.5. The number of rotatable bonds is 3.